The highest BCUT2D eigenvalue weighted by molar-refractivity contribution is 7.86. The molecule has 0 saturated heterocycles. The monoisotopic (exact) mass is 1030 g/mol. The predicted molar refractivity (Wildman–Crippen MR) is 231 cm³/mol. The Labute approximate surface area is 389 Å². The summed E-state index contributed by atoms with van der Waals surface area (Å²) in [6.45, 7) is -2.06. The number of aromatic nitrogens is 2. The van der Waals surface area contributed by atoms with Crippen LogP contribution in [0, 0.1) is 20.2 Å². The van der Waals surface area contributed by atoms with Crippen molar-refractivity contribution in [2.24, 2.45) is 30.7 Å². The lowest BCUT2D eigenvalue weighted by atomic mass is 10.1. The molecular weight excluding hydrogens is 1000 g/mol. The van der Waals surface area contributed by atoms with Gasteiger partial charge in [-0.2, -0.15) is 35.0 Å². The molecule has 366 valence electrons. The molecule has 0 aliphatic rings. The van der Waals surface area contributed by atoms with Crippen LogP contribution in [0.5, 0.6) is 23.1 Å². The molecule has 6 rings (SSSR count). The molecule has 31 nitrogen and oxygen atoms in total. The molecule has 34 heteroatoms. The van der Waals surface area contributed by atoms with Crippen LogP contribution < -0.4 is 9.47 Å². The molecule has 70 heavy (non-hydrogen) atoms. The van der Waals surface area contributed by atoms with Gasteiger partial charge in [-0.1, -0.05) is 0 Å². The van der Waals surface area contributed by atoms with Gasteiger partial charge in [0.05, 0.1) is 28.7 Å². The molecule has 1 aromatic heterocycles. The third-order valence-electron chi connectivity index (χ3n) is 8.98. The van der Waals surface area contributed by atoms with Gasteiger partial charge in [0.15, 0.2) is 11.4 Å². The Balaban J connectivity index is 1.44. The van der Waals surface area contributed by atoms with E-state index in [2.05, 4.69) is 35.8 Å². The molecule has 0 saturated carbocycles. The van der Waals surface area contributed by atoms with Crippen LogP contribution >= 0.6 is 0 Å². The molecule has 6 aromatic rings. The van der Waals surface area contributed by atoms with E-state index < -0.39 is 139 Å². The SMILES string of the molecule is O=C(O)c1nn(-c2ccc3c(O)c(N=Nc4cc(OCCO)c(N=Nc5ccc([N+](=O)[O-])cc5S(=O)(=O)O)cc4OCCO)c(S(=O)(=O)O)cc3c2)c(O)c1N=Nc1ccc([N+](=O)[O-])cc1S(=O)(=O)O. The van der Waals surface area contributed by atoms with Gasteiger partial charge >= 0.3 is 5.97 Å². The summed E-state index contributed by atoms with van der Waals surface area (Å²) in [5.74, 6) is -4.50. The van der Waals surface area contributed by atoms with Crippen molar-refractivity contribution in [3.05, 3.63) is 98.7 Å². The number of nitrogens with zero attached hydrogens (tertiary/aromatic N) is 10. The maximum absolute atomic E-state index is 12.8. The Bertz CT molecular complexity index is 3580. The number of carboxylic acids is 1. The van der Waals surface area contributed by atoms with Crippen molar-refractivity contribution in [3.8, 4) is 28.8 Å². The first-order chi connectivity index (χ1) is 32.8. The number of hydrogen-bond donors (Lipinski definition) is 8. The third kappa shape index (κ3) is 11.1. The number of carbonyl (C=O) groups is 1. The summed E-state index contributed by atoms with van der Waals surface area (Å²) in [4.78, 5) is 29.4. The molecular formula is C36H28N10O21S3. The highest BCUT2D eigenvalue weighted by Crippen LogP contribution is 2.46. The molecule has 0 spiro atoms. The Kier molecular flexibility index (Phi) is 14.5. The minimum Gasteiger partial charge on any atom is -0.505 e. The van der Waals surface area contributed by atoms with E-state index in [0.717, 1.165) is 60.7 Å². The zero-order valence-corrected chi connectivity index (χ0v) is 36.8. The second-order valence-corrected chi connectivity index (χ2v) is 17.7. The highest BCUT2D eigenvalue weighted by Gasteiger charge is 2.28. The van der Waals surface area contributed by atoms with Crippen molar-refractivity contribution >= 4 is 92.6 Å². The van der Waals surface area contributed by atoms with Crippen LogP contribution in [0.2, 0.25) is 0 Å². The number of nitro groups is 2. The maximum Gasteiger partial charge on any atom is 0.358 e. The van der Waals surface area contributed by atoms with Crippen molar-refractivity contribution in [3.63, 3.8) is 0 Å². The first-order valence-electron chi connectivity index (χ1n) is 18.6. The minimum atomic E-state index is -5.34. The summed E-state index contributed by atoms with van der Waals surface area (Å²) in [7, 11) is -15.6. The molecule has 0 atom stereocenters. The number of ether oxygens (including phenoxy) is 2. The predicted octanol–water partition coefficient (Wildman–Crippen LogP) is 5.68. The van der Waals surface area contributed by atoms with E-state index in [1.165, 1.54) is 0 Å². The van der Waals surface area contributed by atoms with Gasteiger partial charge in [0.1, 0.15) is 67.8 Å². The van der Waals surface area contributed by atoms with Crippen molar-refractivity contribution < 1.29 is 88.6 Å². The normalized spacial score (nSPS) is 12.4. The van der Waals surface area contributed by atoms with Gasteiger partial charge < -0.3 is 35.0 Å². The number of aromatic hydroxyl groups is 2. The fraction of sp³-hybridized carbons (Fsp3) is 0.111. The van der Waals surface area contributed by atoms with E-state index >= 15 is 0 Å². The quantitative estimate of drug-likeness (QED) is 0.0209. The topological polar surface area (TPSA) is 478 Å². The van der Waals surface area contributed by atoms with Crippen molar-refractivity contribution in [2.45, 2.75) is 14.7 Å². The fourth-order valence-electron chi connectivity index (χ4n) is 5.95. The van der Waals surface area contributed by atoms with E-state index in [1.54, 1.807) is 0 Å². The highest BCUT2D eigenvalue weighted by atomic mass is 32.2. The largest absolute Gasteiger partial charge is 0.505 e. The van der Waals surface area contributed by atoms with Crippen LogP contribution in [-0.2, 0) is 30.4 Å². The first kappa shape index (κ1) is 50.9. The summed E-state index contributed by atoms with van der Waals surface area (Å²) < 4.78 is 115. The molecule has 0 aliphatic carbocycles. The number of aliphatic hydroxyl groups is 2. The molecule has 8 N–H and O–H groups in total. The second-order valence-electron chi connectivity index (χ2n) is 13.5. The molecule has 1 heterocycles. The number of aliphatic hydroxyl groups excluding tert-OH is 2. The Morgan fingerprint density at radius 1 is 0.614 bits per heavy atom. The Morgan fingerprint density at radius 2 is 1.07 bits per heavy atom. The molecule has 0 radical (unpaired) electrons. The average molecular weight is 1030 g/mol. The van der Waals surface area contributed by atoms with Crippen molar-refractivity contribution in [1.82, 2.24) is 9.78 Å². The standard InChI is InChI=1S/C36H28N10O21S3/c47-7-9-66-26-16-25(27(67-10-8-48)15-24(26)39-37-22-5-2-19(45(53)54)13-28(22)68(57,58)59)40-41-31-30(70(63,64)65)12-17-11-18(1-4-21(17)34(31)49)44-35(50)32(33(43-44)36(51)52)42-38-23-6-3-20(46(55)56)14-29(23)69(60,61)62/h1-6,11-16,47-50H,7-10H2,(H,51,52)(H,57,58,59)(H,60,61,62)(H,63,64,65). The number of aromatic carboxylic acids is 1. The lowest BCUT2D eigenvalue weighted by Gasteiger charge is -2.13. The summed E-state index contributed by atoms with van der Waals surface area (Å²) in [6.07, 6.45) is 0. The number of rotatable bonds is 19. The fourth-order valence-corrected chi connectivity index (χ4v) is 7.89. The summed E-state index contributed by atoms with van der Waals surface area (Å²) in [6, 6.07) is 10.3. The van der Waals surface area contributed by atoms with Crippen LogP contribution in [0.15, 0.2) is 118 Å². The van der Waals surface area contributed by atoms with Crippen LogP contribution in [-0.4, -0.2) is 116 Å². The van der Waals surface area contributed by atoms with Gasteiger partial charge in [0.25, 0.3) is 41.7 Å². The van der Waals surface area contributed by atoms with Gasteiger partial charge in [-0.15, -0.1) is 30.7 Å². The van der Waals surface area contributed by atoms with Crippen LogP contribution in [0.3, 0.4) is 0 Å². The van der Waals surface area contributed by atoms with E-state index in [4.69, 9.17) is 9.47 Å². The van der Waals surface area contributed by atoms with E-state index in [9.17, 15) is 89.5 Å². The number of nitro benzene ring substituents is 2. The summed E-state index contributed by atoms with van der Waals surface area (Å²) >= 11 is 0. The molecule has 0 unspecified atom stereocenters. The minimum absolute atomic E-state index is 0.221. The molecule has 0 bridgehead atoms. The smallest absolute Gasteiger partial charge is 0.358 e. The molecule has 0 amide bonds. The van der Waals surface area contributed by atoms with Crippen LogP contribution in [0.4, 0.5) is 45.5 Å². The van der Waals surface area contributed by atoms with Gasteiger partial charge in [-0.3, -0.25) is 33.9 Å². The van der Waals surface area contributed by atoms with E-state index in [-0.39, 0.29) is 39.3 Å². The van der Waals surface area contributed by atoms with Crippen LogP contribution in [0.25, 0.3) is 16.5 Å². The zero-order valence-electron chi connectivity index (χ0n) is 34.3. The maximum atomic E-state index is 12.8. The number of carboxylic acid groups (broad SMARTS) is 1. The van der Waals surface area contributed by atoms with E-state index in [1.807, 2.05) is 0 Å². The number of phenolic OH excluding ortho intramolecular Hbond substituents is 1. The Hall–Kier alpha value is -8.51. The zero-order chi connectivity index (χ0) is 51.5. The number of fused-ring (bicyclic) bond motifs is 1. The second kappa shape index (κ2) is 20.0. The lowest BCUT2D eigenvalue weighted by Crippen LogP contribution is -2.04. The van der Waals surface area contributed by atoms with Gasteiger partial charge in [0, 0.05) is 41.8 Å². The van der Waals surface area contributed by atoms with Gasteiger partial charge in [-0.25, -0.2) is 4.79 Å². The molecule has 0 fully saturated rings. The lowest BCUT2D eigenvalue weighted by molar-refractivity contribution is -0.385. The summed E-state index contributed by atoms with van der Waals surface area (Å²) in [5, 5.41) is 99.5. The number of benzene rings is 5. The number of non-ortho nitro benzene ring substituents is 2. The van der Waals surface area contributed by atoms with E-state index in [0.29, 0.717) is 16.8 Å². The van der Waals surface area contributed by atoms with Crippen molar-refractivity contribution in [1.29, 1.82) is 0 Å². The Morgan fingerprint density at radius 3 is 1.53 bits per heavy atom. The van der Waals surface area contributed by atoms with Gasteiger partial charge in [-0.05, 0) is 41.8 Å². The number of azo groups is 3. The summed E-state index contributed by atoms with van der Waals surface area (Å²) in [5.41, 5.74) is -6.58. The average Bonchev–Trinajstić information content (AvgIpc) is 3.63. The number of hydrogen-bond acceptors (Lipinski definition) is 24. The molecule has 5 aromatic carbocycles. The third-order valence-corrected chi connectivity index (χ3v) is 11.6. The first-order valence-corrected chi connectivity index (χ1v) is 22.9. The molecule has 0 aliphatic heterocycles. The van der Waals surface area contributed by atoms with Crippen molar-refractivity contribution in [2.75, 3.05) is 26.4 Å². The number of phenols is 1. The van der Waals surface area contributed by atoms with Gasteiger partial charge in [0.2, 0.25) is 11.6 Å². The van der Waals surface area contributed by atoms with Crippen LogP contribution in [0.1, 0.15) is 10.5 Å².